The summed E-state index contributed by atoms with van der Waals surface area (Å²) < 4.78 is 7.18. The molecule has 1 aromatic heterocycles. The summed E-state index contributed by atoms with van der Waals surface area (Å²) in [4.78, 5) is 22.8. The van der Waals surface area contributed by atoms with Gasteiger partial charge in [-0.3, -0.25) is 4.79 Å². The SMILES string of the molecule is CCCOc1ccc2cccc(-n3cc(NC(N)=O)c(C(N)=O)n3)c2c1. The summed E-state index contributed by atoms with van der Waals surface area (Å²) in [5.74, 6) is -0.0238. The van der Waals surface area contributed by atoms with Gasteiger partial charge in [0, 0.05) is 5.39 Å². The number of anilines is 1. The first-order valence-corrected chi connectivity index (χ1v) is 8.11. The van der Waals surface area contributed by atoms with E-state index in [0.29, 0.717) is 12.3 Å². The Balaban J connectivity index is 2.12. The van der Waals surface area contributed by atoms with E-state index >= 15 is 0 Å². The van der Waals surface area contributed by atoms with Crippen LogP contribution in [0.2, 0.25) is 0 Å². The molecule has 0 saturated heterocycles. The van der Waals surface area contributed by atoms with E-state index in [1.807, 2.05) is 43.3 Å². The zero-order chi connectivity index (χ0) is 18.7. The number of nitrogens with one attached hydrogen (secondary N) is 1. The molecule has 5 N–H and O–H groups in total. The Morgan fingerprint density at radius 1 is 1.23 bits per heavy atom. The van der Waals surface area contributed by atoms with Crippen LogP contribution in [0.15, 0.2) is 42.6 Å². The quantitative estimate of drug-likeness (QED) is 0.629. The summed E-state index contributed by atoms with van der Waals surface area (Å²) in [6.45, 7) is 2.66. The molecule has 0 bridgehead atoms. The number of carbonyl (C=O) groups is 2. The zero-order valence-corrected chi connectivity index (χ0v) is 14.2. The van der Waals surface area contributed by atoms with Crippen LogP contribution in [0.3, 0.4) is 0 Å². The number of fused-ring (bicyclic) bond motifs is 1. The summed E-state index contributed by atoms with van der Waals surface area (Å²) in [5.41, 5.74) is 11.3. The number of primary amides is 2. The van der Waals surface area contributed by atoms with Gasteiger partial charge in [0.2, 0.25) is 0 Å². The molecule has 8 heteroatoms. The number of nitrogens with two attached hydrogens (primary N) is 2. The number of amides is 3. The fourth-order valence-corrected chi connectivity index (χ4v) is 2.65. The summed E-state index contributed by atoms with van der Waals surface area (Å²) in [7, 11) is 0. The molecule has 0 fully saturated rings. The third-order valence-corrected chi connectivity index (χ3v) is 3.76. The van der Waals surface area contributed by atoms with E-state index in [4.69, 9.17) is 16.2 Å². The number of ether oxygens (including phenoxy) is 1. The first-order valence-electron chi connectivity index (χ1n) is 8.11. The molecule has 8 nitrogen and oxygen atoms in total. The van der Waals surface area contributed by atoms with Crippen molar-refractivity contribution in [2.45, 2.75) is 13.3 Å². The number of urea groups is 1. The van der Waals surface area contributed by atoms with Gasteiger partial charge in [0.25, 0.3) is 5.91 Å². The molecule has 0 aliphatic heterocycles. The van der Waals surface area contributed by atoms with E-state index in [0.717, 1.165) is 22.9 Å². The first-order chi connectivity index (χ1) is 12.5. The van der Waals surface area contributed by atoms with E-state index in [-0.39, 0.29) is 11.4 Å². The molecule has 0 unspecified atom stereocenters. The summed E-state index contributed by atoms with van der Waals surface area (Å²) in [6, 6.07) is 10.6. The monoisotopic (exact) mass is 353 g/mol. The Morgan fingerprint density at radius 2 is 2.04 bits per heavy atom. The maximum absolute atomic E-state index is 11.6. The predicted octanol–water partition coefficient (Wildman–Crippen LogP) is 2.40. The molecule has 0 aliphatic rings. The number of rotatable bonds is 6. The lowest BCUT2D eigenvalue weighted by atomic mass is 10.1. The van der Waals surface area contributed by atoms with Gasteiger partial charge in [-0.1, -0.05) is 25.1 Å². The van der Waals surface area contributed by atoms with Crippen molar-refractivity contribution in [3.63, 3.8) is 0 Å². The fraction of sp³-hybridized carbons (Fsp3) is 0.167. The Labute approximate surface area is 149 Å². The van der Waals surface area contributed by atoms with Gasteiger partial charge in [0.1, 0.15) is 5.75 Å². The molecule has 0 aliphatic carbocycles. The van der Waals surface area contributed by atoms with Gasteiger partial charge in [-0.25, -0.2) is 9.48 Å². The number of benzene rings is 2. The second kappa shape index (κ2) is 7.14. The van der Waals surface area contributed by atoms with E-state index in [9.17, 15) is 9.59 Å². The Morgan fingerprint density at radius 3 is 2.73 bits per heavy atom. The fourth-order valence-electron chi connectivity index (χ4n) is 2.65. The third kappa shape index (κ3) is 3.44. The van der Waals surface area contributed by atoms with Crippen LogP contribution in [0.5, 0.6) is 5.75 Å². The largest absolute Gasteiger partial charge is 0.494 e. The number of hydrogen-bond donors (Lipinski definition) is 3. The average Bonchev–Trinajstić information content (AvgIpc) is 3.02. The van der Waals surface area contributed by atoms with Gasteiger partial charge in [0.05, 0.1) is 24.2 Å². The molecular weight excluding hydrogens is 334 g/mol. The molecule has 0 atom stereocenters. The molecule has 134 valence electrons. The lowest BCUT2D eigenvalue weighted by Gasteiger charge is -2.10. The highest BCUT2D eigenvalue weighted by Gasteiger charge is 2.17. The van der Waals surface area contributed by atoms with Crippen LogP contribution in [0.4, 0.5) is 10.5 Å². The van der Waals surface area contributed by atoms with Crippen LogP contribution >= 0.6 is 0 Å². The van der Waals surface area contributed by atoms with Gasteiger partial charge >= 0.3 is 6.03 Å². The van der Waals surface area contributed by atoms with Crippen molar-refractivity contribution >= 4 is 28.4 Å². The highest BCUT2D eigenvalue weighted by Crippen LogP contribution is 2.28. The minimum atomic E-state index is -0.805. The van der Waals surface area contributed by atoms with Crippen molar-refractivity contribution in [2.75, 3.05) is 11.9 Å². The summed E-state index contributed by atoms with van der Waals surface area (Å²) in [6.07, 6.45) is 2.40. The maximum atomic E-state index is 11.6. The number of aromatic nitrogens is 2. The molecule has 3 amide bonds. The Bertz CT molecular complexity index is 980. The van der Waals surface area contributed by atoms with Gasteiger partial charge in [-0.05, 0) is 30.0 Å². The van der Waals surface area contributed by atoms with E-state index in [1.54, 1.807) is 0 Å². The number of carbonyl (C=O) groups excluding carboxylic acids is 2. The van der Waals surface area contributed by atoms with Gasteiger partial charge in [-0.2, -0.15) is 5.10 Å². The highest BCUT2D eigenvalue weighted by atomic mass is 16.5. The lowest BCUT2D eigenvalue weighted by Crippen LogP contribution is -2.22. The second-order valence-electron chi connectivity index (χ2n) is 5.70. The van der Waals surface area contributed by atoms with Crippen LogP contribution in [0.25, 0.3) is 16.5 Å². The van der Waals surface area contributed by atoms with Crippen LogP contribution < -0.4 is 21.5 Å². The average molecular weight is 353 g/mol. The molecule has 26 heavy (non-hydrogen) atoms. The molecule has 0 spiro atoms. The second-order valence-corrected chi connectivity index (χ2v) is 5.70. The van der Waals surface area contributed by atoms with Crippen molar-refractivity contribution in [1.82, 2.24) is 9.78 Å². The standard InChI is InChI=1S/C18H19N5O3/c1-2-8-26-12-7-6-11-4-3-5-15(13(11)9-12)23-10-14(21-18(20)25)16(22-23)17(19)24/h3-7,9-10H,2,8H2,1H3,(H2,19,24)(H3,20,21,25). The van der Waals surface area contributed by atoms with Crippen LogP contribution in [-0.4, -0.2) is 28.3 Å². The molecular formula is C18H19N5O3. The van der Waals surface area contributed by atoms with Crippen LogP contribution in [-0.2, 0) is 0 Å². The minimum Gasteiger partial charge on any atom is -0.494 e. The summed E-state index contributed by atoms with van der Waals surface area (Å²) >= 11 is 0. The first kappa shape index (κ1) is 17.3. The van der Waals surface area contributed by atoms with Gasteiger partial charge < -0.3 is 21.5 Å². The molecule has 3 aromatic rings. The molecule has 1 heterocycles. The molecule has 3 rings (SSSR count). The Hall–Kier alpha value is -3.55. The molecule has 2 aromatic carbocycles. The van der Waals surface area contributed by atoms with Gasteiger partial charge in [-0.15, -0.1) is 0 Å². The third-order valence-electron chi connectivity index (χ3n) is 3.76. The zero-order valence-electron chi connectivity index (χ0n) is 14.2. The van der Waals surface area contributed by atoms with Gasteiger partial charge in [0.15, 0.2) is 5.69 Å². The maximum Gasteiger partial charge on any atom is 0.316 e. The van der Waals surface area contributed by atoms with Crippen LogP contribution in [0, 0.1) is 0 Å². The highest BCUT2D eigenvalue weighted by molar-refractivity contribution is 6.01. The predicted molar refractivity (Wildman–Crippen MR) is 98.6 cm³/mol. The number of hydrogen-bond acceptors (Lipinski definition) is 4. The van der Waals surface area contributed by atoms with E-state index in [2.05, 4.69) is 10.4 Å². The normalized spacial score (nSPS) is 10.7. The van der Waals surface area contributed by atoms with E-state index in [1.165, 1.54) is 10.9 Å². The van der Waals surface area contributed by atoms with Crippen molar-refractivity contribution < 1.29 is 14.3 Å². The van der Waals surface area contributed by atoms with E-state index < -0.39 is 11.9 Å². The molecule has 0 radical (unpaired) electrons. The molecule has 0 saturated carbocycles. The van der Waals surface area contributed by atoms with Crippen molar-refractivity contribution in [3.8, 4) is 11.4 Å². The lowest BCUT2D eigenvalue weighted by molar-refractivity contribution is 0.0996. The summed E-state index contributed by atoms with van der Waals surface area (Å²) in [5, 5.41) is 8.43. The van der Waals surface area contributed by atoms with Crippen molar-refractivity contribution in [2.24, 2.45) is 11.5 Å². The number of nitrogens with zero attached hydrogens (tertiary/aromatic N) is 2. The van der Waals surface area contributed by atoms with Crippen LogP contribution in [0.1, 0.15) is 23.8 Å². The minimum absolute atomic E-state index is 0.0702. The topological polar surface area (TPSA) is 125 Å². The van der Waals surface area contributed by atoms with Crippen molar-refractivity contribution in [3.05, 3.63) is 48.3 Å². The smallest absolute Gasteiger partial charge is 0.316 e. The van der Waals surface area contributed by atoms with Crippen molar-refractivity contribution in [1.29, 1.82) is 0 Å². The Kier molecular flexibility index (Phi) is 4.74.